The highest BCUT2D eigenvalue weighted by Crippen LogP contribution is 2.18. The average molecular weight is 528 g/mol. The fourth-order valence-electron chi connectivity index (χ4n) is 2.89. The molecular weight excluding hydrogens is 496 g/mol. The number of rotatable bonds is 16. The van der Waals surface area contributed by atoms with Gasteiger partial charge < -0.3 is 14.2 Å². The zero-order valence-electron chi connectivity index (χ0n) is 17.0. The van der Waals surface area contributed by atoms with Crippen molar-refractivity contribution in [3.05, 3.63) is 71.8 Å². The minimum atomic E-state index is -0.265. The molecule has 0 N–H and O–H groups in total. The van der Waals surface area contributed by atoms with Crippen LogP contribution in [0.15, 0.2) is 60.7 Å². The van der Waals surface area contributed by atoms with Crippen LogP contribution in [-0.4, -0.2) is 23.2 Å². The number of hydrogen-bond acceptors (Lipinski definition) is 3. The van der Waals surface area contributed by atoms with Crippen LogP contribution in [0, 0.1) is 0 Å². The Labute approximate surface area is 192 Å². The minimum absolute atomic E-state index is 0.265. The summed E-state index contributed by atoms with van der Waals surface area (Å²) in [5.74, 6) is 0. The number of halogens is 2. The normalized spacial score (nSPS) is 13.3. The summed E-state index contributed by atoms with van der Waals surface area (Å²) in [7, 11) is 0. The lowest BCUT2D eigenvalue weighted by atomic mass is 10.2. The Bertz CT molecular complexity index is 569. The zero-order valence-corrected chi connectivity index (χ0v) is 20.2. The maximum atomic E-state index is 6.31. The van der Waals surface area contributed by atoms with Crippen molar-refractivity contribution in [2.24, 2.45) is 0 Å². The van der Waals surface area contributed by atoms with Gasteiger partial charge in [-0.15, -0.1) is 0 Å². The van der Waals surface area contributed by atoms with Gasteiger partial charge in [-0.25, -0.2) is 0 Å². The molecule has 0 saturated heterocycles. The lowest BCUT2D eigenvalue weighted by Crippen LogP contribution is -2.27. The monoisotopic (exact) mass is 526 g/mol. The largest absolute Gasteiger partial charge is 0.348 e. The smallest absolute Gasteiger partial charge is 0.161 e. The molecule has 2 aromatic rings. The lowest BCUT2D eigenvalue weighted by Gasteiger charge is -2.25. The number of ether oxygens (including phenoxy) is 3. The molecule has 0 bridgehead atoms. The van der Waals surface area contributed by atoms with Gasteiger partial charge >= 0.3 is 0 Å². The van der Waals surface area contributed by atoms with Crippen LogP contribution in [0.5, 0.6) is 0 Å². The summed E-state index contributed by atoms with van der Waals surface area (Å²) in [6.45, 7) is 1.10. The molecule has 0 aromatic heterocycles. The predicted molar refractivity (Wildman–Crippen MR) is 126 cm³/mol. The molecule has 0 radical (unpaired) electrons. The van der Waals surface area contributed by atoms with Crippen LogP contribution < -0.4 is 0 Å². The first-order chi connectivity index (χ1) is 14.3. The zero-order chi connectivity index (χ0) is 20.6. The topological polar surface area (TPSA) is 27.7 Å². The van der Waals surface area contributed by atoms with E-state index in [4.69, 9.17) is 14.2 Å². The van der Waals surface area contributed by atoms with Crippen LogP contribution in [0.2, 0.25) is 0 Å². The number of hydrogen-bond donors (Lipinski definition) is 0. The molecule has 2 atom stereocenters. The van der Waals surface area contributed by atoms with Gasteiger partial charge in [0.25, 0.3) is 0 Å². The highest BCUT2D eigenvalue weighted by Gasteiger charge is 2.18. The Kier molecular flexibility index (Phi) is 13.6. The molecule has 5 heteroatoms. The molecule has 0 spiro atoms. The maximum absolute atomic E-state index is 6.31. The number of alkyl halides is 2. The second kappa shape index (κ2) is 16.0. The van der Waals surface area contributed by atoms with Crippen LogP contribution in [0.3, 0.4) is 0 Å². The van der Waals surface area contributed by atoms with Gasteiger partial charge in [0, 0.05) is 10.7 Å². The Morgan fingerprint density at radius 1 is 0.586 bits per heavy atom. The lowest BCUT2D eigenvalue weighted by molar-refractivity contribution is -0.256. The van der Waals surface area contributed by atoms with Crippen molar-refractivity contribution in [1.29, 1.82) is 0 Å². The molecule has 0 aliphatic carbocycles. The Hall–Kier alpha value is -0.720. The van der Waals surface area contributed by atoms with Crippen LogP contribution in [0.1, 0.15) is 49.7 Å². The van der Waals surface area contributed by atoms with E-state index >= 15 is 0 Å². The van der Waals surface area contributed by atoms with E-state index in [1.54, 1.807) is 0 Å². The SMILES string of the molecule is BrCCCCC(OCc1ccccc1)OC(CCCCBr)OCc1ccccc1. The van der Waals surface area contributed by atoms with Gasteiger partial charge in [0.15, 0.2) is 12.6 Å². The van der Waals surface area contributed by atoms with E-state index in [0.717, 1.165) is 60.3 Å². The van der Waals surface area contributed by atoms with Crippen LogP contribution in [0.25, 0.3) is 0 Å². The second-order valence-corrected chi connectivity index (χ2v) is 8.54. The molecule has 2 unspecified atom stereocenters. The van der Waals surface area contributed by atoms with E-state index in [2.05, 4.69) is 56.1 Å². The van der Waals surface area contributed by atoms with Gasteiger partial charge in [-0.05, 0) is 49.7 Å². The summed E-state index contributed by atoms with van der Waals surface area (Å²) in [6.07, 6.45) is 5.51. The second-order valence-electron chi connectivity index (χ2n) is 6.96. The number of unbranched alkanes of at least 4 members (excludes halogenated alkanes) is 2. The first kappa shape index (κ1) is 24.5. The van der Waals surface area contributed by atoms with Crippen LogP contribution >= 0.6 is 31.9 Å². The third-order valence-electron chi connectivity index (χ3n) is 4.51. The summed E-state index contributed by atoms with van der Waals surface area (Å²) in [5, 5.41) is 2.00. The fourth-order valence-corrected chi connectivity index (χ4v) is 3.68. The summed E-state index contributed by atoms with van der Waals surface area (Å²) in [6, 6.07) is 20.5. The van der Waals surface area contributed by atoms with Crippen molar-refractivity contribution in [2.45, 2.75) is 64.3 Å². The van der Waals surface area contributed by atoms with E-state index in [-0.39, 0.29) is 12.6 Å². The molecule has 0 fully saturated rings. The van der Waals surface area contributed by atoms with Crippen molar-refractivity contribution in [3.63, 3.8) is 0 Å². The van der Waals surface area contributed by atoms with Gasteiger partial charge in [0.05, 0.1) is 13.2 Å². The van der Waals surface area contributed by atoms with Crippen LogP contribution in [0.4, 0.5) is 0 Å². The van der Waals surface area contributed by atoms with E-state index in [0.29, 0.717) is 13.2 Å². The van der Waals surface area contributed by atoms with Gasteiger partial charge in [-0.2, -0.15) is 0 Å². The Morgan fingerprint density at radius 2 is 1.00 bits per heavy atom. The van der Waals surface area contributed by atoms with E-state index in [1.807, 2.05) is 36.4 Å². The molecule has 2 rings (SSSR count). The summed E-state index contributed by atoms with van der Waals surface area (Å²) >= 11 is 7.02. The van der Waals surface area contributed by atoms with Gasteiger partial charge in [-0.3, -0.25) is 0 Å². The van der Waals surface area contributed by atoms with Gasteiger partial charge in [0.1, 0.15) is 0 Å². The molecule has 29 heavy (non-hydrogen) atoms. The first-order valence-electron chi connectivity index (χ1n) is 10.4. The summed E-state index contributed by atoms with van der Waals surface area (Å²) < 4.78 is 18.6. The van der Waals surface area contributed by atoms with Crippen molar-refractivity contribution < 1.29 is 14.2 Å². The molecule has 160 valence electrons. The van der Waals surface area contributed by atoms with Gasteiger partial charge in [0.2, 0.25) is 0 Å². The molecule has 0 saturated carbocycles. The van der Waals surface area contributed by atoms with Gasteiger partial charge in [-0.1, -0.05) is 92.5 Å². The third kappa shape index (κ3) is 11.3. The fraction of sp³-hybridized carbons (Fsp3) is 0.500. The first-order valence-corrected chi connectivity index (χ1v) is 12.6. The molecule has 0 amide bonds. The predicted octanol–water partition coefficient (Wildman–Crippen LogP) is 7.22. The Balaban J connectivity index is 1.92. The molecule has 3 nitrogen and oxygen atoms in total. The molecule has 0 aliphatic rings. The number of benzene rings is 2. The quantitative estimate of drug-likeness (QED) is 0.131. The maximum Gasteiger partial charge on any atom is 0.161 e. The van der Waals surface area contributed by atoms with E-state index < -0.39 is 0 Å². The molecule has 0 aliphatic heterocycles. The van der Waals surface area contributed by atoms with Crippen molar-refractivity contribution >= 4 is 31.9 Å². The van der Waals surface area contributed by atoms with Crippen molar-refractivity contribution in [1.82, 2.24) is 0 Å². The Morgan fingerprint density at radius 3 is 1.38 bits per heavy atom. The molecule has 2 aromatic carbocycles. The highest BCUT2D eigenvalue weighted by atomic mass is 79.9. The summed E-state index contributed by atoms with van der Waals surface area (Å²) in [5.41, 5.74) is 2.31. The van der Waals surface area contributed by atoms with Crippen molar-refractivity contribution in [3.8, 4) is 0 Å². The van der Waals surface area contributed by atoms with Crippen LogP contribution in [-0.2, 0) is 27.4 Å². The van der Waals surface area contributed by atoms with E-state index in [1.165, 1.54) is 0 Å². The molecular formula is C24H32Br2O3. The average Bonchev–Trinajstić information content (AvgIpc) is 2.77. The molecule has 0 heterocycles. The highest BCUT2D eigenvalue weighted by molar-refractivity contribution is 9.09. The minimum Gasteiger partial charge on any atom is -0.348 e. The summed E-state index contributed by atoms with van der Waals surface area (Å²) in [4.78, 5) is 0. The van der Waals surface area contributed by atoms with Crippen molar-refractivity contribution in [2.75, 3.05) is 10.7 Å². The van der Waals surface area contributed by atoms with E-state index in [9.17, 15) is 0 Å². The third-order valence-corrected chi connectivity index (χ3v) is 5.63. The standard InChI is InChI=1S/C24H32Br2O3/c25-17-9-7-15-23(27-19-21-11-3-1-4-12-21)29-24(16-8-10-18-26)28-20-22-13-5-2-6-14-22/h1-6,11-14,23-24H,7-10,15-20H2.